The number of ether oxygens (including phenoxy) is 1. The largest absolute Gasteiger partial charge is 0.370 e. The third-order valence-electron chi connectivity index (χ3n) is 2.25. The van der Waals surface area contributed by atoms with Crippen LogP contribution in [-0.2, 0) is 42.2 Å². The van der Waals surface area contributed by atoms with Gasteiger partial charge in [0.25, 0.3) is 0 Å². The van der Waals surface area contributed by atoms with Gasteiger partial charge in [0.05, 0.1) is 6.61 Å². The van der Waals surface area contributed by atoms with E-state index in [-0.39, 0.29) is 45.2 Å². The first-order chi connectivity index (χ1) is 6.77. The second-order valence-electron chi connectivity index (χ2n) is 3.33. The molecule has 1 aliphatic heterocycles. The minimum absolute atomic E-state index is 0. The van der Waals surface area contributed by atoms with Crippen LogP contribution in [0, 0.1) is 13.0 Å². The van der Waals surface area contributed by atoms with E-state index < -0.39 is 0 Å². The molecule has 1 aliphatic rings. The number of carbonyl (C=O) groups excluding carboxylic acids is 1. The van der Waals surface area contributed by atoms with Crippen LogP contribution in [0.4, 0.5) is 5.69 Å². The van der Waals surface area contributed by atoms with E-state index in [0.717, 1.165) is 11.3 Å². The molecule has 77 valence electrons. The predicted molar refractivity (Wildman–Crippen MR) is 53.2 cm³/mol. The van der Waals surface area contributed by atoms with Gasteiger partial charge < -0.3 is 9.64 Å². The van der Waals surface area contributed by atoms with E-state index in [1.807, 2.05) is 25.1 Å². The molecule has 0 atom stereocenters. The van der Waals surface area contributed by atoms with E-state index in [9.17, 15) is 4.79 Å². The number of rotatable bonds is 1. The van der Waals surface area contributed by atoms with Crippen molar-refractivity contribution in [3.63, 3.8) is 0 Å². The standard InChI is InChI=1S/C11H12NO2.Y/c1-9-2-4-10(5-3-9)12-6-7-14-8-11(12)13;/h2,4-5H,6-8H2,1H3;/q-1;. The predicted octanol–water partition coefficient (Wildman–Crippen LogP) is 1.16. The molecule has 1 heterocycles. The topological polar surface area (TPSA) is 29.5 Å². The minimum Gasteiger partial charge on any atom is -0.370 e. The number of nitrogens with zero attached hydrogens (tertiary/aromatic N) is 1. The molecule has 1 fully saturated rings. The van der Waals surface area contributed by atoms with Crippen LogP contribution in [0.15, 0.2) is 18.2 Å². The first kappa shape index (κ1) is 12.8. The quantitative estimate of drug-likeness (QED) is 0.722. The molecule has 0 aliphatic carbocycles. The van der Waals surface area contributed by atoms with Crippen molar-refractivity contribution < 1.29 is 42.2 Å². The zero-order chi connectivity index (χ0) is 9.97. The Bertz CT molecular complexity index is 337. The Labute approximate surface area is 115 Å². The molecule has 0 N–H and O–H groups in total. The third-order valence-corrected chi connectivity index (χ3v) is 2.25. The van der Waals surface area contributed by atoms with E-state index in [1.165, 1.54) is 0 Å². The number of anilines is 1. The van der Waals surface area contributed by atoms with Gasteiger partial charge in [-0.15, -0.1) is 6.07 Å². The molecule has 0 unspecified atom stereocenters. The average Bonchev–Trinajstić information content (AvgIpc) is 2.20. The number of hydrogen-bond acceptors (Lipinski definition) is 2. The smallest absolute Gasteiger partial charge is 0.242 e. The SMILES string of the molecule is Cc1[c-]cc(N2CCOCC2=O)cc1.[Y]. The molecule has 4 heteroatoms. The zero-order valence-electron chi connectivity index (χ0n) is 8.69. The number of amides is 1. The summed E-state index contributed by atoms with van der Waals surface area (Å²) < 4.78 is 5.06. The maximum atomic E-state index is 11.5. The van der Waals surface area contributed by atoms with E-state index in [1.54, 1.807) is 4.90 Å². The molecular formula is C11H12NO2Y-. The van der Waals surface area contributed by atoms with Gasteiger partial charge in [-0.25, -0.2) is 0 Å². The second-order valence-corrected chi connectivity index (χ2v) is 3.33. The number of aryl methyl sites for hydroxylation is 1. The fourth-order valence-electron chi connectivity index (χ4n) is 1.45. The monoisotopic (exact) mass is 279 g/mol. The summed E-state index contributed by atoms with van der Waals surface area (Å²) in [6, 6.07) is 8.82. The third kappa shape index (κ3) is 3.10. The summed E-state index contributed by atoms with van der Waals surface area (Å²) in [5.74, 6) is 0.0218. The first-order valence-corrected chi connectivity index (χ1v) is 4.64. The Balaban J connectivity index is 0.00000112. The van der Waals surface area contributed by atoms with Crippen LogP contribution in [0.1, 0.15) is 5.56 Å². The van der Waals surface area contributed by atoms with E-state index in [2.05, 4.69) is 6.07 Å². The van der Waals surface area contributed by atoms with Gasteiger partial charge in [0.2, 0.25) is 5.91 Å². The number of carbonyl (C=O) groups is 1. The Morgan fingerprint density at radius 3 is 2.87 bits per heavy atom. The van der Waals surface area contributed by atoms with Gasteiger partial charge in [-0.1, -0.05) is 12.6 Å². The molecule has 1 amide bonds. The summed E-state index contributed by atoms with van der Waals surface area (Å²) in [5, 5.41) is 0. The van der Waals surface area contributed by atoms with E-state index in [4.69, 9.17) is 4.74 Å². The van der Waals surface area contributed by atoms with Crippen LogP contribution in [0.2, 0.25) is 0 Å². The van der Waals surface area contributed by atoms with E-state index in [0.29, 0.717) is 13.2 Å². The fourth-order valence-corrected chi connectivity index (χ4v) is 1.45. The van der Waals surface area contributed by atoms with Crippen molar-refractivity contribution in [2.45, 2.75) is 6.92 Å². The Kier molecular flexibility index (Phi) is 4.90. The molecule has 15 heavy (non-hydrogen) atoms. The van der Waals surface area contributed by atoms with Crippen LogP contribution in [0.3, 0.4) is 0 Å². The molecule has 1 radical (unpaired) electrons. The minimum atomic E-state index is 0. The van der Waals surface area contributed by atoms with Gasteiger partial charge in [0.15, 0.2) is 0 Å². The van der Waals surface area contributed by atoms with Gasteiger partial charge in [-0.3, -0.25) is 4.79 Å². The molecule has 3 nitrogen and oxygen atoms in total. The van der Waals surface area contributed by atoms with Crippen molar-refractivity contribution in [1.82, 2.24) is 0 Å². The number of hydrogen-bond donors (Lipinski definition) is 0. The van der Waals surface area contributed by atoms with Crippen molar-refractivity contribution in [2.75, 3.05) is 24.7 Å². The van der Waals surface area contributed by atoms with Crippen LogP contribution in [-0.4, -0.2) is 25.7 Å². The Hall–Kier alpha value is -0.246. The van der Waals surface area contributed by atoms with Crippen molar-refractivity contribution in [3.05, 3.63) is 29.8 Å². The molecule has 0 aromatic heterocycles. The number of morpholine rings is 1. The van der Waals surface area contributed by atoms with Gasteiger partial charge in [-0.2, -0.15) is 23.8 Å². The molecule has 1 aromatic carbocycles. The summed E-state index contributed by atoms with van der Waals surface area (Å²) in [5.41, 5.74) is 1.98. The summed E-state index contributed by atoms with van der Waals surface area (Å²) >= 11 is 0. The molecule has 0 spiro atoms. The van der Waals surface area contributed by atoms with Gasteiger partial charge >= 0.3 is 0 Å². The molecule has 1 aromatic rings. The molecular weight excluding hydrogens is 267 g/mol. The normalized spacial score (nSPS) is 16.1. The van der Waals surface area contributed by atoms with E-state index >= 15 is 0 Å². The Morgan fingerprint density at radius 2 is 2.27 bits per heavy atom. The molecule has 0 saturated carbocycles. The second kappa shape index (κ2) is 5.73. The average molecular weight is 279 g/mol. The van der Waals surface area contributed by atoms with Crippen molar-refractivity contribution in [2.24, 2.45) is 0 Å². The molecule has 2 rings (SSSR count). The van der Waals surface area contributed by atoms with Crippen LogP contribution < -0.4 is 4.90 Å². The van der Waals surface area contributed by atoms with Gasteiger partial charge in [-0.05, 0) is 0 Å². The maximum Gasteiger partial charge on any atom is 0.242 e. The summed E-state index contributed by atoms with van der Waals surface area (Å²) in [6.45, 7) is 3.41. The molecule has 1 saturated heterocycles. The summed E-state index contributed by atoms with van der Waals surface area (Å²) in [4.78, 5) is 13.2. The molecule has 0 bridgehead atoms. The van der Waals surface area contributed by atoms with Crippen LogP contribution in [0.25, 0.3) is 0 Å². The number of benzene rings is 1. The maximum absolute atomic E-state index is 11.5. The van der Waals surface area contributed by atoms with Crippen molar-refractivity contribution in [1.29, 1.82) is 0 Å². The zero-order valence-corrected chi connectivity index (χ0v) is 11.5. The van der Waals surface area contributed by atoms with Crippen LogP contribution in [0.5, 0.6) is 0 Å². The summed E-state index contributed by atoms with van der Waals surface area (Å²) in [6.07, 6.45) is 0. The Morgan fingerprint density at radius 1 is 1.47 bits per heavy atom. The fraction of sp³-hybridized carbons (Fsp3) is 0.364. The first-order valence-electron chi connectivity index (χ1n) is 4.64. The van der Waals surface area contributed by atoms with Crippen LogP contribution >= 0.6 is 0 Å². The van der Waals surface area contributed by atoms with Crippen molar-refractivity contribution >= 4 is 11.6 Å². The van der Waals surface area contributed by atoms with Gasteiger partial charge in [0.1, 0.15) is 6.61 Å². The van der Waals surface area contributed by atoms with Gasteiger partial charge in [0, 0.05) is 39.3 Å². The summed E-state index contributed by atoms with van der Waals surface area (Å²) in [7, 11) is 0. The van der Waals surface area contributed by atoms with Crippen molar-refractivity contribution in [3.8, 4) is 0 Å².